The van der Waals surface area contributed by atoms with Gasteiger partial charge in [0.05, 0.1) is 0 Å². The lowest BCUT2D eigenvalue weighted by atomic mass is 10.0. The van der Waals surface area contributed by atoms with Gasteiger partial charge in [-0.3, -0.25) is 4.98 Å². The van der Waals surface area contributed by atoms with Gasteiger partial charge in [0, 0.05) is 32.9 Å². The molecule has 1 unspecified atom stereocenters. The van der Waals surface area contributed by atoms with E-state index in [0.29, 0.717) is 0 Å². The summed E-state index contributed by atoms with van der Waals surface area (Å²) in [6, 6.07) is 12.3. The van der Waals surface area contributed by atoms with Crippen LogP contribution in [-0.2, 0) is 6.42 Å². The van der Waals surface area contributed by atoms with Crippen molar-refractivity contribution in [2.24, 2.45) is 0 Å². The molecule has 1 aromatic carbocycles. The Kier molecular flexibility index (Phi) is 6.26. The van der Waals surface area contributed by atoms with Gasteiger partial charge in [-0.15, -0.1) is 0 Å². The number of halogens is 2. The van der Waals surface area contributed by atoms with E-state index in [2.05, 4.69) is 58.0 Å². The fourth-order valence-corrected chi connectivity index (χ4v) is 3.01. The average Bonchev–Trinajstić information content (AvgIpc) is 2.47. The second-order valence-corrected chi connectivity index (χ2v) is 6.30. The van der Waals surface area contributed by atoms with Crippen molar-refractivity contribution >= 4 is 34.2 Å². The lowest BCUT2D eigenvalue weighted by Crippen LogP contribution is -2.25. The summed E-state index contributed by atoms with van der Waals surface area (Å²) in [4.78, 5) is 4.43. The highest BCUT2D eigenvalue weighted by molar-refractivity contribution is 14.1. The molecule has 0 saturated heterocycles. The summed E-state index contributed by atoms with van der Waals surface area (Å²) >= 11 is 8.52. The quantitative estimate of drug-likeness (QED) is 0.716. The Morgan fingerprint density at radius 2 is 2.15 bits per heavy atom. The third-order valence-electron chi connectivity index (χ3n) is 3.11. The molecule has 0 spiro atoms. The van der Waals surface area contributed by atoms with Crippen molar-refractivity contribution in [1.82, 2.24) is 10.3 Å². The van der Waals surface area contributed by atoms with E-state index in [9.17, 15) is 0 Å². The molecule has 0 bridgehead atoms. The molecule has 2 rings (SSSR count). The second-order valence-electron chi connectivity index (χ2n) is 4.70. The predicted molar refractivity (Wildman–Crippen MR) is 93.1 cm³/mol. The fourth-order valence-electron chi connectivity index (χ4n) is 2.12. The molecule has 20 heavy (non-hydrogen) atoms. The summed E-state index contributed by atoms with van der Waals surface area (Å²) < 4.78 is 1.23. The number of benzene rings is 1. The lowest BCUT2D eigenvalue weighted by Gasteiger charge is -2.20. The van der Waals surface area contributed by atoms with Gasteiger partial charge in [0.15, 0.2) is 0 Å². The summed E-state index contributed by atoms with van der Waals surface area (Å²) in [5.41, 5.74) is 2.34. The highest BCUT2D eigenvalue weighted by atomic mass is 127. The molecule has 0 saturated carbocycles. The topological polar surface area (TPSA) is 24.9 Å². The van der Waals surface area contributed by atoms with Crippen molar-refractivity contribution in [1.29, 1.82) is 0 Å². The number of aromatic nitrogens is 1. The average molecular weight is 401 g/mol. The van der Waals surface area contributed by atoms with Gasteiger partial charge in [0.2, 0.25) is 0 Å². The maximum absolute atomic E-state index is 6.15. The normalized spacial score (nSPS) is 12.3. The third-order valence-corrected chi connectivity index (χ3v) is 4.33. The molecule has 2 nitrogen and oxygen atoms in total. The van der Waals surface area contributed by atoms with Gasteiger partial charge < -0.3 is 5.32 Å². The predicted octanol–water partition coefficient (Wildman–Crippen LogP) is 4.62. The van der Waals surface area contributed by atoms with Gasteiger partial charge >= 0.3 is 0 Å². The molecule has 106 valence electrons. The summed E-state index contributed by atoms with van der Waals surface area (Å²) in [6.45, 7) is 3.16. The summed E-state index contributed by atoms with van der Waals surface area (Å²) in [5, 5.41) is 4.38. The van der Waals surface area contributed by atoms with E-state index < -0.39 is 0 Å². The van der Waals surface area contributed by atoms with Crippen LogP contribution in [0.4, 0.5) is 0 Å². The number of nitrogens with one attached hydrogen (secondary N) is 1. The van der Waals surface area contributed by atoms with Crippen molar-refractivity contribution in [3.63, 3.8) is 0 Å². The first-order valence-electron chi connectivity index (χ1n) is 6.79. The number of hydrogen-bond acceptors (Lipinski definition) is 2. The molecule has 0 fully saturated rings. The number of rotatable bonds is 6. The van der Waals surface area contributed by atoms with Gasteiger partial charge in [-0.25, -0.2) is 0 Å². The van der Waals surface area contributed by atoms with Gasteiger partial charge in [0.1, 0.15) is 0 Å². The van der Waals surface area contributed by atoms with Crippen LogP contribution < -0.4 is 5.32 Å². The minimum atomic E-state index is 0.246. The maximum Gasteiger partial charge on any atom is 0.0422 e. The monoisotopic (exact) mass is 400 g/mol. The molecule has 0 aliphatic carbocycles. The first-order chi connectivity index (χ1) is 9.70. The highest BCUT2D eigenvalue weighted by Gasteiger charge is 2.15. The van der Waals surface area contributed by atoms with Crippen LogP contribution >= 0.6 is 34.2 Å². The molecule has 0 aliphatic heterocycles. The minimum absolute atomic E-state index is 0.246. The molecule has 1 aromatic heterocycles. The first-order valence-corrected chi connectivity index (χ1v) is 8.24. The zero-order valence-corrected chi connectivity index (χ0v) is 14.4. The maximum atomic E-state index is 6.15. The van der Waals surface area contributed by atoms with E-state index in [1.165, 1.54) is 9.13 Å². The molecule has 0 amide bonds. The molecular formula is C16H18ClIN2. The molecule has 4 heteroatoms. The van der Waals surface area contributed by atoms with Crippen molar-refractivity contribution in [2.75, 3.05) is 6.54 Å². The van der Waals surface area contributed by atoms with Crippen molar-refractivity contribution < 1.29 is 0 Å². The molecule has 1 heterocycles. The fraction of sp³-hybridized carbons (Fsp3) is 0.312. The summed E-state index contributed by atoms with van der Waals surface area (Å²) in [6.07, 6.45) is 3.82. The molecule has 0 aliphatic rings. The largest absolute Gasteiger partial charge is 0.310 e. The van der Waals surface area contributed by atoms with E-state index in [4.69, 9.17) is 11.6 Å². The highest BCUT2D eigenvalue weighted by Crippen LogP contribution is 2.26. The first kappa shape index (κ1) is 15.7. The summed E-state index contributed by atoms with van der Waals surface area (Å²) in [5.74, 6) is 0. The van der Waals surface area contributed by atoms with Crippen molar-refractivity contribution in [3.8, 4) is 0 Å². The molecule has 2 aromatic rings. The number of nitrogens with zero attached hydrogens (tertiary/aromatic N) is 1. The van der Waals surface area contributed by atoms with Gasteiger partial charge in [-0.2, -0.15) is 0 Å². The Labute approximate surface area is 139 Å². The second kappa shape index (κ2) is 7.96. The SMILES string of the molecule is CCCNC(Cc1ccccn1)c1cc(Cl)ccc1I. The van der Waals surface area contributed by atoms with E-state index in [1.54, 1.807) is 0 Å². The molecule has 1 atom stereocenters. The smallest absolute Gasteiger partial charge is 0.0422 e. The van der Waals surface area contributed by atoms with Crippen LogP contribution in [0.15, 0.2) is 42.6 Å². The van der Waals surface area contributed by atoms with E-state index in [-0.39, 0.29) is 6.04 Å². The van der Waals surface area contributed by atoms with Gasteiger partial charge in [0.25, 0.3) is 0 Å². The van der Waals surface area contributed by atoms with E-state index >= 15 is 0 Å². The standard InChI is InChI=1S/C16H18ClIN2/c1-2-8-20-16(11-13-5-3-4-9-19-13)14-10-12(17)6-7-15(14)18/h3-7,9-10,16,20H,2,8,11H2,1H3. The number of hydrogen-bond donors (Lipinski definition) is 1. The van der Waals surface area contributed by atoms with E-state index in [0.717, 1.165) is 30.1 Å². The summed E-state index contributed by atoms with van der Waals surface area (Å²) in [7, 11) is 0. The zero-order chi connectivity index (χ0) is 14.4. The van der Waals surface area contributed by atoms with Gasteiger partial charge in [-0.1, -0.05) is 24.6 Å². The Balaban J connectivity index is 2.24. The Bertz CT molecular complexity index is 545. The van der Waals surface area contributed by atoms with Gasteiger partial charge in [-0.05, 0) is 71.5 Å². The Morgan fingerprint density at radius 1 is 1.30 bits per heavy atom. The Hall–Kier alpha value is -0.650. The zero-order valence-electron chi connectivity index (χ0n) is 11.4. The minimum Gasteiger partial charge on any atom is -0.310 e. The molecule has 0 radical (unpaired) electrons. The lowest BCUT2D eigenvalue weighted by molar-refractivity contribution is 0.522. The van der Waals surface area contributed by atoms with Crippen LogP contribution in [0, 0.1) is 3.57 Å². The van der Waals surface area contributed by atoms with Crippen LogP contribution in [0.5, 0.6) is 0 Å². The Morgan fingerprint density at radius 3 is 2.85 bits per heavy atom. The molecule has 1 N–H and O–H groups in total. The third kappa shape index (κ3) is 4.43. The van der Waals surface area contributed by atoms with Crippen LogP contribution in [0.1, 0.15) is 30.6 Å². The van der Waals surface area contributed by atoms with Crippen LogP contribution in [0.25, 0.3) is 0 Å². The van der Waals surface area contributed by atoms with Crippen molar-refractivity contribution in [3.05, 3.63) is 62.4 Å². The van der Waals surface area contributed by atoms with Crippen LogP contribution in [0.2, 0.25) is 5.02 Å². The van der Waals surface area contributed by atoms with Crippen molar-refractivity contribution in [2.45, 2.75) is 25.8 Å². The van der Waals surface area contributed by atoms with E-state index in [1.807, 2.05) is 24.4 Å². The van der Waals surface area contributed by atoms with Crippen LogP contribution in [0.3, 0.4) is 0 Å². The molecular weight excluding hydrogens is 383 g/mol. The van der Waals surface area contributed by atoms with Crippen LogP contribution in [-0.4, -0.2) is 11.5 Å². The number of pyridine rings is 1.